The minimum atomic E-state index is -0.687. The number of imidazole rings is 1. The van der Waals surface area contributed by atoms with Gasteiger partial charge in [0.15, 0.2) is 0 Å². The third-order valence-electron chi connectivity index (χ3n) is 12.7. The Hall–Kier alpha value is -4.95. The number of fused-ring (bicyclic) bond motifs is 8. The van der Waals surface area contributed by atoms with E-state index in [9.17, 15) is 19.2 Å². The molecule has 280 valence electrons. The summed E-state index contributed by atoms with van der Waals surface area (Å²) in [5.41, 5.74) is 4.27. The van der Waals surface area contributed by atoms with Gasteiger partial charge in [0.05, 0.1) is 27.9 Å². The van der Waals surface area contributed by atoms with Crippen LogP contribution in [0, 0.1) is 5.92 Å². The Morgan fingerprint density at radius 3 is 2.48 bits per heavy atom. The minimum Gasteiger partial charge on any atom is -0.381 e. The molecule has 13 nitrogen and oxygen atoms in total. The second-order valence-corrected chi connectivity index (χ2v) is 17.0. The summed E-state index contributed by atoms with van der Waals surface area (Å²) in [6, 6.07) is 15.0. The van der Waals surface area contributed by atoms with Crippen LogP contribution < -0.4 is 31.4 Å². The molecule has 0 saturated carbocycles. The van der Waals surface area contributed by atoms with E-state index in [-0.39, 0.29) is 30.0 Å². The third kappa shape index (κ3) is 5.39. The zero-order valence-corrected chi connectivity index (χ0v) is 31.5. The summed E-state index contributed by atoms with van der Waals surface area (Å²) in [6.45, 7) is 7.60. The Labute approximate surface area is 316 Å². The van der Waals surface area contributed by atoms with Gasteiger partial charge in [0.2, 0.25) is 11.8 Å². The van der Waals surface area contributed by atoms with Gasteiger partial charge in [-0.2, -0.15) is 0 Å². The maximum absolute atomic E-state index is 13.5. The number of piperazine rings is 1. The molecule has 4 saturated heterocycles. The zero-order chi connectivity index (χ0) is 36.8. The molecule has 5 aliphatic rings. The molecule has 54 heavy (non-hydrogen) atoms. The summed E-state index contributed by atoms with van der Waals surface area (Å²) in [4.78, 5) is 64.6. The van der Waals surface area contributed by atoms with E-state index in [1.165, 1.54) is 12.8 Å². The second kappa shape index (κ2) is 12.8. The summed E-state index contributed by atoms with van der Waals surface area (Å²) in [5.74, 6) is 0.930. The number of anilines is 3. The number of thiophene rings is 1. The Balaban J connectivity index is 0.821. The maximum atomic E-state index is 13.5. The highest BCUT2D eigenvalue weighted by Crippen LogP contribution is 2.42. The largest absolute Gasteiger partial charge is 0.381 e. The number of rotatable bonds is 5. The molecule has 2 aromatic carbocycles. The van der Waals surface area contributed by atoms with Gasteiger partial charge in [0.25, 0.3) is 5.91 Å². The Morgan fingerprint density at radius 2 is 1.70 bits per heavy atom. The number of amides is 3. The van der Waals surface area contributed by atoms with Crippen molar-refractivity contribution >= 4 is 78.3 Å². The van der Waals surface area contributed by atoms with Crippen LogP contribution >= 0.6 is 11.3 Å². The third-order valence-corrected chi connectivity index (χ3v) is 13.8. The van der Waals surface area contributed by atoms with Crippen LogP contribution in [0.5, 0.6) is 0 Å². The van der Waals surface area contributed by atoms with E-state index in [1.807, 2.05) is 19.1 Å². The van der Waals surface area contributed by atoms with Crippen LogP contribution in [0.1, 0.15) is 61.2 Å². The van der Waals surface area contributed by atoms with E-state index in [0.29, 0.717) is 31.0 Å². The molecule has 4 atom stereocenters. The molecular weight excluding hydrogens is 703 g/mol. The molecule has 3 aromatic heterocycles. The van der Waals surface area contributed by atoms with Gasteiger partial charge in [-0.15, -0.1) is 11.3 Å². The van der Waals surface area contributed by atoms with E-state index < -0.39 is 11.9 Å². The fourth-order valence-electron chi connectivity index (χ4n) is 9.92. The lowest BCUT2D eigenvalue weighted by Crippen LogP contribution is -2.55. The van der Waals surface area contributed by atoms with Crippen LogP contribution in [0.25, 0.3) is 32.0 Å². The summed E-state index contributed by atoms with van der Waals surface area (Å²) >= 11 is 1.54. The zero-order valence-electron chi connectivity index (χ0n) is 30.6. The molecule has 3 unspecified atom stereocenters. The SMILES string of the molecule is C[C@@H]1CNc2c(sc3ccc4nc(N5CC6CCC(C5)N6CC5CCN(c6cccc7c6n(C)c(=O)n7C6CCC(=O)NC6=O)CC5)ccc4c23)C(=O)N1. The second-order valence-electron chi connectivity index (χ2n) is 16.0. The minimum absolute atomic E-state index is 0.00898. The highest BCUT2D eigenvalue weighted by Gasteiger charge is 2.41. The average Bonchev–Trinajstić information content (AvgIpc) is 3.71. The standard InChI is InChI=1S/C40H45N9O4S/c1-22-18-41-35-34-26-8-12-32(43-27(26)9-11-31(34)54-37(35)39(52)42-22)47-20-24-6-7-25(21-47)48(24)19-23-14-16-46(17-15-23)28-4-3-5-29-36(28)45(2)40(53)49(29)30-10-13-33(50)44-38(30)51/h3-5,8-9,11-12,22-25,30,41H,6-7,10,13-21H2,1-2H3,(H,42,52)(H,44,50,51)/t22-,24?,25?,30?/m1/s1. The number of nitrogens with one attached hydrogen (secondary N) is 3. The average molecular weight is 748 g/mol. The number of hydrogen-bond acceptors (Lipinski definition) is 10. The first-order chi connectivity index (χ1) is 26.2. The van der Waals surface area contributed by atoms with Crippen molar-refractivity contribution in [2.24, 2.45) is 13.0 Å². The summed E-state index contributed by atoms with van der Waals surface area (Å²) in [5, 5.41) is 11.2. The van der Waals surface area contributed by atoms with Crippen molar-refractivity contribution in [1.82, 2.24) is 29.7 Å². The van der Waals surface area contributed by atoms with Crippen LogP contribution in [0.4, 0.5) is 17.2 Å². The van der Waals surface area contributed by atoms with Gasteiger partial charge in [-0.05, 0) is 81.3 Å². The van der Waals surface area contributed by atoms with Gasteiger partial charge >= 0.3 is 5.69 Å². The first-order valence-electron chi connectivity index (χ1n) is 19.4. The van der Waals surface area contributed by atoms with Crippen LogP contribution in [0.3, 0.4) is 0 Å². The van der Waals surface area contributed by atoms with Crippen LogP contribution in [0.2, 0.25) is 0 Å². The number of aryl methyl sites for hydroxylation is 1. The number of nitrogens with zero attached hydrogens (tertiary/aromatic N) is 6. The maximum Gasteiger partial charge on any atom is 0.329 e. The summed E-state index contributed by atoms with van der Waals surface area (Å²) in [7, 11) is 1.78. The summed E-state index contributed by atoms with van der Waals surface area (Å²) in [6.07, 6.45) is 5.14. The van der Waals surface area contributed by atoms with Crippen molar-refractivity contribution in [1.29, 1.82) is 0 Å². The number of pyridine rings is 1. The lowest BCUT2D eigenvalue weighted by Gasteiger charge is -2.44. The molecule has 3 N–H and O–H groups in total. The monoisotopic (exact) mass is 747 g/mol. The molecule has 14 heteroatoms. The van der Waals surface area contributed by atoms with Crippen LogP contribution in [-0.4, -0.2) is 94.1 Å². The van der Waals surface area contributed by atoms with Gasteiger partial charge in [0.1, 0.15) is 16.7 Å². The predicted octanol–water partition coefficient (Wildman–Crippen LogP) is 4.19. The molecular formula is C40H45N9O4S. The molecule has 10 rings (SSSR count). The first kappa shape index (κ1) is 33.6. The predicted molar refractivity (Wildman–Crippen MR) is 212 cm³/mol. The van der Waals surface area contributed by atoms with E-state index in [2.05, 4.69) is 61.0 Å². The fourth-order valence-corrected chi connectivity index (χ4v) is 11.0. The Kier molecular flexibility index (Phi) is 7.99. The van der Waals surface area contributed by atoms with Crippen LogP contribution in [-0.2, 0) is 16.6 Å². The summed E-state index contributed by atoms with van der Waals surface area (Å²) < 4.78 is 4.34. The van der Waals surface area contributed by atoms with Crippen molar-refractivity contribution < 1.29 is 14.4 Å². The van der Waals surface area contributed by atoms with Gasteiger partial charge < -0.3 is 20.4 Å². The number of para-hydroxylation sites is 1. The lowest BCUT2D eigenvalue weighted by atomic mass is 9.94. The molecule has 4 fully saturated rings. The topological polar surface area (TPSA) is 137 Å². The number of benzene rings is 2. The molecule has 5 aromatic rings. The van der Waals surface area contributed by atoms with E-state index in [4.69, 9.17) is 4.98 Å². The van der Waals surface area contributed by atoms with E-state index in [0.717, 1.165) is 99.7 Å². The normalized spacial score (nSPS) is 25.3. The number of carbonyl (C=O) groups excluding carboxylic acids is 3. The van der Waals surface area contributed by atoms with Crippen molar-refractivity contribution in [3.05, 3.63) is 57.8 Å². The van der Waals surface area contributed by atoms with Crippen molar-refractivity contribution in [2.75, 3.05) is 54.4 Å². The highest BCUT2D eigenvalue weighted by molar-refractivity contribution is 7.21. The highest BCUT2D eigenvalue weighted by atomic mass is 32.1. The molecule has 0 aliphatic carbocycles. The molecule has 0 spiro atoms. The van der Waals surface area contributed by atoms with Crippen molar-refractivity contribution in [3.63, 3.8) is 0 Å². The molecule has 3 amide bonds. The van der Waals surface area contributed by atoms with E-state index >= 15 is 0 Å². The van der Waals surface area contributed by atoms with Gasteiger partial charge in [-0.3, -0.25) is 33.7 Å². The lowest BCUT2D eigenvalue weighted by molar-refractivity contribution is -0.135. The number of imide groups is 1. The smallest absolute Gasteiger partial charge is 0.329 e. The fraction of sp³-hybridized carbons (Fsp3) is 0.475. The van der Waals surface area contributed by atoms with Gasteiger partial charge in [-0.1, -0.05) is 6.07 Å². The van der Waals surface area contributed by atoms with Gasteiger partial charge in [-0.25, -0.2) is 9.78 Å². The van der Waals surface area contributed by atoms with Crippen molar-refractivity contribution in [2.45, 2.75) is 69.6 Å². The first-order valence-corrected chi connectivity index (χ1v) is 20.2. The number of piperidine rings is 2. The van der Waals surface area contributed by atoms with Crippen LogP contribution in [0.15, 0.2) is 47.3 Å². The molecule has 0 radical (unpaired) electrons. The van der Waals surface area contributed by atoms with E-state index in [1.54, 1.807) is 27.5 Å². The number of carbonyl (C=O) groups is 3. The number of hydrogen-bond donors (Lipinski definition) is 3. The Morgan fingerprint density at radius 1 is 0.907 bits per heavy atom. The van der Waals surface area contributed by atoms with Crippen molar-refractivity contribution in [3.8, 4) is 0 Å². The molecule has 2 bridgehead atoms. The Bertz CT molecular complexity index is 2410. The van der Waals surface area contributed by atoms with Gasteiger partial charge in [0, 0.05) is 86.3 Å². The quantitative estimate of drug-likeness (QED) is 0.226. The molecule has 5 aliphatic heterocycles. The molecule has 8 heterocycles. The number of aromatic nitrogens is 3.